The molecule has 0 aliphatic heterocycles. The third kappa shape index (κ3) is 4.12. The van der Waals surface area contributed by atoms with Gasteiger partial charge in [0.2, 0.25) is 0 Å². The fraction of sp³-hybridized carbons (Fsp3) is 0. The van der Waals surface area contributed by atoms with E-state index in [1.165, 1.54) is 12.3 Å². The van der Waals surface area contributed by atoms with Crippen molar-refractivity contribution in [1.29, 1.82) is 0 Å². The van der Waals surface area contributed by atoms with Crippen LogP contribution in [0, 0.1) is 10.1 Å². The minimum absolute atomic E-state index is 0.0515. The normalized spacial score (nSPS) is 11.8. The van der Waals surface area contributed by atoms with Gasteiger partial charge in [-0.05, 0) is 29.3 Å². The Morgan fingerprint density at radius 1 is 1.16 bits per heavy atom. The van der Waals surface area contributed by atoms with E-state index in [0.717, 1.165) is 22.5 Å². The molecule has 0 unspecified atom stereocenters. The number of amidine groups is 1. The van der Waals surface area contributed by atoms with Gasteiger partial charge in [-0.3, -0.25) is 15.1 Å². The monoisotopic (exact) mass is 351 g/mol. The molecule has 0 saturated carbocycles. The second kappa shape index (κ2) is 7.45. The van der Waals surface area contributed by atoms with Crippen molar-refractivity contribution in [1.82, 2.24) is 4.98 Å². The van der Waals surface area contributed by atoms with Crippen LogP contribution in [0.15, 0.2) is 71.0 Å². The Morgan fingerprint density at radius 2 is 1.96 bits per heavy atom. The highest BCUT2D eigenvalue weighted by Crippen LogP contribution is 2.22. The number of thiophene rings is 1. The summed E-state index contributed by atoms with van der Waals surface area (Å²) in [5, 5.41) is 18.5. The zero-order chi connectivity index (χ0) is 17.6. The maximum absolute atomic E-state index is 10.6. The van der Waals surface area contributed by atoms with E-state index in [0.29, 0.717) is 10.6 Å². The van der Waals surface area contributed by atoms with Gasteiger partial charge in [-0.15, -0.1) is 5.10 Å². The Labute approximate surface area is 147 Å². The van der Waals surface area contributed by atoms with Crippen molar-refractivity contribution in [3.63, 3.8) is 0 Å². The zero-order valence-electron chi connectivity index (χ0n) is 12.9. The first-order chi connectivity index (χ1) is 12.1. The maximum atomic E-state index is 10.6. The van der Waals surface area contributed by atoms with E-state index in [9.17, 15) is 10.1 Å². The number of pyridine rings is 1. The molecule has 0 fully saturated rings. The summed E-state index contributed by atoms with van der Waals surface area (Å²) in [5.74, 6) is 0.167. The summed E-state index contributed by atoms with van der Waals surface area (Å²) in [4.78, 5) is 15.0. The second-order valence-electron chi connectivity index (χ2n) is 4.96. The second-order valence-corrected chi connectivity index (χ2v) is 6.05. The van der Waals surface area contributed by atoms with Crippen molar-refractivity contribution in [2.24, 2.45) is 15.9 Å². The van der Waals surface area contributed by atoms with Crippen molar-refractivity contribution >= 4 is 28.4 Å². The largest absolute Gasteiger partial charge is 0.380 e. The highest BCUT2D eigenvalue weighted by Gasteiger charge is 2.08. The Morgan fingerprint density at radius 3 is 2.68 bits per heavy atom. The van der Waals surface area contributed by atoms with Gasteiger partial charge in [-0.2, -0.15) is 5.10 Å². The average molecular weight is 351 g/mol. The molecule has 3 rings (SSSR count). The SMILES string of the molecule is N/C(=N\N=C\c1ccc([N+](=O)[O-])s1)c1cc(-c2ccccc2)ccn1. The quantitative estimate of drug-likeness (QED) is 0.329. The number of benzene rings is 1. The van der Waals surface area contributed by atoms with Crippen LogP contribution in [0.1, 0.15) is 10.6 Å². The summed E-state index contributed by atoms with van der Waals surface area (Å²) in [6, 6.07) is 16.6. The molecule has 2 N–H and O–H groups in total. The first-order valence-corrected chi connectivity index (χ1v) is 8.08. The van der Waals surface area contributed by atoms with Gasteiger partial charge in [-0.1, -0.05) is 41.7 Å². The summed E-state index contributed by atoms with van der Waals surface area (Å²) in [6.45, 7) is 0. The van der Waals surface area contributed by atoms with Crippen LogP contribution in [-0.2, 0) is 0 Å². The van der Waals surface area contributed by atoms with Crippen LogP contribution in [0.2, 0.25) is 0 Å². The number of aromatic nitrogens is 1. The highest BCUT2D eigenvalue weighted by atomic mass is 32.1. The number of nitro groups is 1. The van der Waals surface area contributed by atoms with Gasteiger partial charge >= 0.3 is 5.00 Å². The van der Waals surface area contributed by atoms with Crippen LogP contribution in [-0.4, -0.2) is 22.0 Å². The smallest absolute Gasteiger partial charge is 0.324 e. The number of hydrogen-bond donors (Lipinski definition) is 1. The number of nitrogens with two attached hydrogens (primary N) is 1. The zero-order valence-corrected chi connectivity index (χ0v) is 13.8. The summed E-state index contributed by atoms with van der Waals surface area (Å²) in [7, 11) is 0. The van der Waals surface area contributed by atoms with Crippen LogP contribution in [0.3, 0.4) is 0 Å². The molecule has 0 bridgehead atoms. The third-order valence-corrected chi connectivity index (χ3v) is 4.24. The lowest BCUT2D eigenvalue weighted by molar-refractivity contribution is -0.380. The standard InChI is InChI=1S/C17H13N5O2S/c18-17(21-20-11-14-6-7-16(25-14)22(23)24)15-10-13(8-9-19-15)12-4-2-1-3-5-12/h1-11H,(H2,18,21)/b20-11+. The molecule has 8 heteroatoms. The Balaban J connectivity index is 1.78. The van der Waals surface area contributed by atoms with Gasteiger partial charge in [0.25, 0.3) is 0 Å². The minimum atomic E-state index is -0.446. The molecule has 3 aromatic rings. The molecule has 0 saturated heterocycles. The van der Waals surface area contributed by atoms with Gasteiger partial charge in [0.1, 0.15) is 5.69 Å². The lowest BCUT2D eigenvalue weighted by Gasteiger charge is -2.03. The van der Waals surface area contributed by atoms with Crippen LogP contribution < -0.4 is 5.73 Å². The first-order valence-electron chi connectivity index (χ1n) is 7.26. The number of rotatable bonds is 5. The van der Waals surface area contributed by atoms with Gasteiger partial charge in [0, 0.05) is 12.3 Å². The third-order valence-electron chi connectivity index (χ3n) is 3.27. The van der Waals surface area contributed by atoms with E-state index in [1.54, 1.807) is 12.3 Å². The van der Waals surface area contributed by atoms with Crippen molar-refractivity contribution in [2.75, 3.05) is 0 Å². The lowest BCUT2D eigenvalue weighted by atomic mass is 10.1. The van der Waals surface area contributed by atoms with Crippen molar-refractivity contribution in [3.05, 3.63) is 81.5 Å². The number of hydrogen-bond acceptors (Lipinski definition) is 6. The molecule has 0 aliphatic carbocycles. The maximum Gasteiger partial charge on any atom is 0.324 e. The van der Waals surface area contributed by atoms with Gasteiger partial charge in [0.05, 0.1) is 16.0 Å². The molecule has 25 heavy (non-hydrogen) atoms. The molecule has 1 aromatic carbocycles. The summed E-state index contributed by atoms with van der Waals surface area (Å²) in [6.07, 6.45) is 3.08. The topological polar surface area (TPSA) is 107 Å². The van der Waals surface area contributed by atoms with Crippen LogP contribution in [0.5, 0.6) is 0 Å². The molecule has 2 aromatic heterocycles. The Bertz CT molecular complexity index is 950. The van der Waals surface area contributed by atoms with Gasteiger partial charge in [0.15, 0.2) is 5.84 Å². The van der Waals surface area contributed by atoms with E-state index >= 15 is 0 Å². The van der Waals surface area contributed by atoms with Crippen molar-refractivity contribution in [2.45, 2.75) is 0 Å². The molecule has 0 amide bonds. The molecule has 2 heterocycles. The minimum Gasteiger partial charge on any atom is -0.380 e. The predicted molar refractivity (Wildman–Crippen MR) is 99.0 cm³/mol. The van der Waals surface area contributed by atoms with Gasteiger partial charge < -0.3 is 5.73 Å². The van der Waals surface area contributed by atoms with Crippen molar-refractivity contribution < 1.29 is 4.92 Å². The molecule has 0 spiro atoms. The van der Waals surface area contributed by atoms with E-state index in [4.69, 9.17) is 5.73 Å². The fourth-order valence-corrected chi connectivity index (χ4v) is 2.78. The van der Waals surface area contributed by atoms with E-state index in [-0.39, 0.29) is 10.8 Å². The van der Waals surface area contributed by atoms with Gasteiger partial charge in [-0.25, -0.2) is 0 Å². The van der Waals surface area contributed by atoms with Crippen LogP contribution >= 0.6 is 11.3 Å². The van der Waals surface area contributed by atoms with Crippen LogP contribution in [0.4, 0.5) is 5.00 Å². The Hall–Kier alpha value is -3.39. The highest BCUT2D eigenvalue weighted by molar-refractivity contribution is 7.16. The van der Waals surface area contributed by atoms with E-state index in [1.807, 2.05) is 42.5 Å². The summed E-state index contributed by atoms with van der Waals surface area (Å²) in [5.41, 5.74) is 8.46. The Kier molecular flexibility index (Phi) is 4.91. The van der Waals surface area contributed by atoms with Crippen LogP contribution in [0.25, 0.3) is 11.1 Å². The molecule has 124 valence electrons. The molecule has 0 radical (unpaired) electrons. The first kappa shape index (κ1) is 16.5. The van der Waals surface area contributed by atoms with Crippen molar-refractivity contribution in [3.8, 4) is 11.1 Å². The number of nitrogens with zero attached hydrogens (tertiary/aromatic N) is 4. The molecule has 7 nitrogen and oxygen atoms in total. The summed E-state index contributed by atoms with van der Waals surface area (Å²) >= 11 is 1.01. The summed E-state index contributed by atoms with van der Waals surface area (Å²) < 4.78 is 0. The van der Waals surface area contributed by atoms with E-state index < -0.39 is 4.92 Å². The molecular formula is C17H13N5O2S. The molecule has 0 atom stereocenters. The molecule has 0 aliphatic rings. The molecular weight excluding hydrogens is 338 g/mol. The van der Waals surface area contributed by atoms with E-state index in [2.05, 4.69) is 15.2 Å². The lowest BCUT2D eigenvalue weighted by Crippen LogP contribution is -2.14. The average Bonchev–Trinajstić information content (AvgIpc) is 3.12. The fourth-order valence-electron chi connectivity index (χ4n) is 2.09. The predicted octanol–water partition coefficient (Wildman–Crippen LogP) is 3.46.